The van der Waals surface area contributed by atoms with Crippen molar-refractivity contribution in [2.24, 2.45) is 56.2 Å². The molecule has 1 spiro atoms. The maximum atomic E-state index is 13.6. The molecule has 1 N–H and O–H groups in total. The highest BCUT2D eigenvalue weighted by Crippen LogP contribution is 2.79. The van der Waals surface area contributed by atoms with Crippen LogP contribution in [0, 0.1) is 56.2 Å². The summed E-state index contributed by atoms with van der Waals surface area (Å²) in [5.41, 5.74) is 1.18. The average molecular weight is 455 g/mol. The summed E-state index contributed by atoms with van der Waals surface area (Å²) in [6.07, 6.45) is 12.9. The Hall–Kier alpha value is -0.830. The number of aliphatic hydroxyl groups is 1. The molecule has 1 aliphatic heterocycles. The fourth-order valence-corrected chi connectivity index (χ4v) is 11.3. The summed E-state index contributed by atoms with van der Waals surface area (Å²) in [5.74, 6) is 1.86. The third-order valence-corrected chi connectivity index (χ3v) is 13.4. The number of fused-ring (bicyclic) bond motifs is 3. The van der Waals surface area contributed by atoms with Crippen molar-refractivity contribution in [3.05, 3.63) is 11.8 Å². The topological polar surface area (TPSA) is 46.5 Å². The lowest BCUT2D eigenvalue weighted by molar-refractivity contribution is -0.315. The molecule has 0 aromatic heterocycles. The normalized spacial score (nSPS) is 57.2. The van der Waals surface area contributed by atoms with Crippen molar-refractivity contribution in [3.63, 3.8) is 0 Å². The Balaban J connectivity index is 1.47. The van der Waals surface area contributed by atoms with E-state index in [0.717, 1.165) is 32.0 Å². The van der Waals surface area contributed by atoms with E-state index >= 15 is 0 Å². The highest BCUT2D eigenvalue weighted by Gasteiger charge is 2.75. The van der Waals surface area contributed by atoms with Crippen molar-refractivity contribution >= 4 is 5.78 Å². The molecule has 0 amide bonds. The van der Waals surface area contributed by atoms with Crippen LogP contribution in [0.5, 0.6) is 0 Å². The Labute approximate surface area is 201 Å². The summed E-state index contributed by atoms with van der Waals surface area (Å²) in [5, 5.41) is 10.6. The first-order valence-electron chi connectivity index (χ1n) is 13.9. The van der Waals surface area contributed by atoms with Gasteiger partial charge in [-0.1, -0.05) is 41.5 Å². The Kier molecular flexibility index (Phi) is 4.44. The molecular weight excluding hydrogens is 408 g/mol. The fourth-order valence-electron chi connectivity index (χ4n) is 11.3. The lowest BCUT2D eigenvalue weighted by Crippen LogP contribution is -2.73. The Morgan fingerprint density at radius 1 is 0.909 bits per heavy atom. The zero-order chi connectivity index (χ0) is 23.7. The summed E-state index contributed by atoms with van der Waals surface area (Å²) in [6, 6.07) is 0. The molecule has 0 aromatic rings. The summed E-state index contributed by atoms with van der Waals surface area (Å²) >= 11 is 0. The number of hydrogen-bond acceptors (Lipinski definition) is 3. The van der Waals surface area contributed by atoms with Gasteiger partial charge < -0.3 is 9.84 Å². The Morgan fingerprint density at radius 2 is 1.64 bits per heavy atom. The molecular formula is C30H46O3. The summed E-state index contributed by atoms with van der Waals surface area (Å²) in [4.78, 5) is 13.6. The molecule has 6 aliphatic rings. The van der Waals surface area contributed by atoms with Crippen molar-refractivity contribution < 1.29 is 14.6 Å². The smallest absolute Gasteiger partial charge is 0.163 e. The van der Waals surface area contributed by atoms with Gasteiger partial charge in [0.2, 0.25) is 0 Å². The van der Waals surface area contributed by atoms with Gasteiger partial charge in [-0.05, 0) is 91.3 Å². The Bertz CT molecular complexity index is 920. The van der Waals surface area contributed by atoms with E-state index in [2.05, 4.69) is 41.5 Å². The molecule has 0 unspecified atom stereocenters. The number of carbonyl (C=O) groups excluding carboxylic acids is 1. The summed E-state index contributed by atoms with van der Waals surface area (Å²) in [6.45, 7) is 16.3. The van der Waals surface area contributed by atoms with Gasteiger partial charge in [-0.3, -0.25) is 4.79 Å². The van der Waals surface area contributed by atoms with Crippen LogP contribution in [0.4, 0.5) is 0 Å². The van der Waals surface area contributed by atoms with E-state index in [9.17, 15) is 9.90 Å². The molecule has 2 bridgehead atoms. The molecule has 3 nitrogen and oxygen atoms in total. The number of ketones is 1. The minimum Gasteiger partial charge on any atom is -0.512 e. The number of hydrogen-bond donors (Lipinski definition) is 1. The van der Waals surface area contributed by atoms with Crippen molar-refractivity contribution in [2.75, 3.05) is 13.2 Å². The van der Waals surface area contributed by atoms with E-state index in [1.54, 1.807) is 6.08 Å². The van der Waals surface area contributed by atoms with Crippen LogP contribution in [0.1, 0.15) is 99.3 Å². The zero-order valence-electron chi connectivity index (χ0n) is 21.9. The molecule has 9 atom stereocenters. The predicted molar refractivity (Wildman–Crippen MR) is 131 cm³/mol. The molecule has 0 radical (unpaired) electrons. The van der Waals surface area contributed by atoms with E-state index in [-0.39, 0.29) is 33.9 Å². The SMILES string of the molecule is C[C@@H]1C(O)=CC(=O)[C@@H]2[C@]1(C)CC[C@@H]1[C@@]23CC[C@@]2(C)[C@H]4CC(C)(C)CC[C@]4(C)CC[C@]12COC3. The molecule has 5 aliphatic carbocycles. The molecule has 1 saturated heterocycles. The molecule has 4 saturated carbocycles. The fraction of sp³-hybridized carbons (Fsp3) is 0.900. The average Bonchev–Trinajstić information content (AvgIpc) is 2.74. The van der Waals surface area contributed by atoms with E-state index < -0.39 is 0 Å². The standard InChI is InChI=1S/C30H46O3/c1-19-20(31)15-21(32)24-27(19,5)8-7-22-29(24)13-12-28(6)23-16-25(2,3)9-10-26(23,4)11-14-30(22,28)18-33-17-29/h15,19,22-24,31H,7-14,16-18H2,1-6H3/t19-,22-,23+,24-,26-,27-,28+,29+,30+/m1/s1. The number of rotatable bonds is 0. The number of carbonyl (C=O) groups is 1. The van der Waals surface area contributed by atoms with E-state index in [4.69, 9.17) is 4.74 Å². The lowest BCUT2D eigenvalue weighted by Gasteiger charge is -2.76. The molecule has 0 aromatic carbocycles. The first-order chi connectivity index (χ1) is 15.3. The second-order valence-electron chi connectivity index (χ2n) is 15.1. The van der Waals surface area contributed by atoms with E-state index in [1.807, 2.05) is 0 Å². The molecule has 184 valence electrons. The second-order valence-corrected chi connectivity index (χ2v) is 15.1. The Morgan fingerprint density at radius 3 is 2.39 bits per heavy atom. The minimum atomic E-state index is -0.155. The van der Waals surface area contributed by atoms with Crippen LogP contribution in [-0.2, 0) is 9.53 Å². The maximum Gasteiger partial charge on any atom is 0.163 e. The van der Waals surface area contributed by atoms with Gasteiger partial charge in [-0.2, -0.15) is 0 Å². The van der Waals surface area contributed by atoms with Crippen molar-refractivity contribution in [1.29, 1.82) is 0 Å². The highest BCUT2D eigenvalue weighted by atomic mass is 16.5. The van der Waals surface area contributed by atoms with Crippen molar-refractivity contribution in [1.82, 2.24) is 0 Å². The van der Waals surface area contributed by atoms with Gasteiger partial charge in [-0.25, -0.2) is 0 Å². The van der Waals surface area contributed by atoms with Crippen molar-refractivity contribution in [2.45, 2.75) is 99.3 Å². The number of ether oxygens (including phenoxy) is 1. The van der Waals surface area contributed by atoms with Crippen LogP contribution >= 0.6 is 0 Å². The molecule has 5 fully saturated rings. The van der Waals surface area contributed by atoms with Gasteiger partial charge in [0.25, 0.3) is 0 Å². The summed E-state index contributed by atoms with van der Waals surface area (Å²) < 4.78 is 6.66. The zero-order valence-corrected chi connectivity index (χ0v) is 21.9. The van der Waals surface area contributed by atoms with Gasteiger partial charge in [0.05, 0.1) is 19.0 Å². The monoisotopic (exact) mass is 454 g/mol. The van der Waals surface area contributed by atoms with Crippen molar-refractivity contribution in [3.8, 4) is 0 Å². The number of aliphatic hydroxyl groups excluding tert-OH is 1. The highest BCUT2D eigenvalue weighted by molar-refractivity contribution is 5.94. The third-order valence-electron chi connectivity index (χ3n) is 13.4. The second kappa shape index (κ2) is 6.48. The van der Waals surface area contributed by atoms with E-state index in [0.29, 0.717) is 27.9 Å². The van der Waals surface area contributed by atoms with Gasteiger partial charge in [0.1, 0.15) is 0 Å². The summed E-state index contributed by atoms with van der Waals surface area (Å²) in [7, 11) is 0. The van der Waals surface area contributed by atoms with Gasteiger partial charge in [-0.15, -0.1) is 0 Å². The van der Waals surface area contributed by atoms with Crippen LogP contribution in [0.2, 0.25) is 0 Å². The molecule has 3 heteroatoms. The first-order valence-corrected chi connectivity index (χ1v) is 13.9. The molecule has 1 heterocycles. The molecule has 33 heavy (non-hydrogen) atoms. The largest absolute Gasteiger partial charge is 0.512 e. The van der Waals surface area contributed by atoms with Crippen LogP contribution < -0.4 is 0 Å². The lowest BCUT2D eigenvalue weighted by atomic mass is 9.29. The van der Waals surface area contributed by atoms with Gasteiger partial charge in [0, 0.05) is 28.7 Å². The maximum absolute atomic E-state index is 13.6. The molecule has 6 rings (SSSR count). The van der Waals surface area contributed by atoms with Gasteiger partial charge in [0.15, 0.2) is 5.78 Å². The first kappa shape index (κ1) is 22.6. The third kappa shape index (κ3) is 2.54. The van der Waals surface area contributed by atoms with Gasteiger partial charge >= 0.3 is 0 Å². The van der Waals surface area contributed by atoms with E-state index in [1.165, 1.54) is 44.9 Å². The van der Waals surface area contributed by atoms with Crippen LogP contribution in [0.3, 0.4) is 0 Å². The number of allylic oxidation sites excluding steroid dienone is 2. The predicted octanol–water partition coefficient (Wildman–Crippen LogP) is 7.11. The minimum absolute atomic E-state index is 0.00696. The van der Waals surface area contributed by atoms with Crippen LogP contribution in [0.25, 0.3) is 0 Å². The van der Waals surface area contributed by atoms with Crippen LogP contribution in [0.15, 0.2) is 11.8 Å². The van der Waals surface area contributed by atoms with Crippen LogP contribution in [-0.4, -0.2) is 24.1 Å². The quantitative estimate of drug-likeness (QED) is 0.424.